The van der Waals surface area contributed by atoms with Crippen LogP contribution in [0, 0.1) is 0 Å². The van der Waals surface area contributed by atoms with Crippen LogP contribution in [0.15, 0.2) is 60.4 Å². The van der Waals surface area contributed by atoms with Crippen LogP contribution >= 0.6 is 0 Å². The third kappa shape index (κ3) is 5.08. The smallest absolute Gasteiger partial charge is 0.179 e. The predicted octanol–water partition coefficient (Wildman–Crippen LogP) is 3.89. The summed E-state index contributed by atoms with van der Waals surface area (Å²) >= 11 is 0. The fraction of sp³-hybridized carbons (Fsp3) is 0.522. The third-order valence-corrected chi connectivity index (χ3v) is 5.69. The molecule has 27 heavy (non-hydrogen) atoms. The lowest BCUT2D eigenvalue weighted by atomic mass is 9.78. The van der Waals surface area contributed by atoms with E-state index in [-0.39, 0.29) is 5.78 Å². The van der Waals surface area contributed by atoms with Crippen molar-refractivity contribution >= 4 is 5.78 Å². The van der Waals surface area contributed by atoms with Gasteiger partial charge >= 0.3 is 0 Å². The van der Waals surface area contributed by atoms with Crippen molar-refractivity contribution in [2.45, 2.75) is 38.1 Å². The van der Waals surface area contributed by atoms with E-state index >= 15 is 0 Å². The van der Waals surface area contributed by atoms with Gasteiger partial charge in [0, 0.05) is 18.8 Å². The monoisotopic (exact) mass is 370 g/mol. The number of nitrogens with zero attached hydrogens (tertiary/aromatic N) is 2. The summed E-state index contributed by atoms with van der Waals surface area (Å²) in [5.41, 5.74) is 2.63. The molecule has 0 aromatic rings. The molecule has 4 heteroatoms. The van der Waals surface area contributed by atoms with Crippen molar-refractivity contribution in [3.63, 3.8) is 0 Å². The van der Waals surface area contributed by atoms with Gasteiger partial charge in [-0.1, -0.05) is 50.0 Å². The van der Waals surface area contributed by atoms with Crippen LogP contribution in [0.1, 0.15) is 32.6 Å². The Hall–Kier alpha value is -1.91. The molecule has 1 saturated heterocycles. The van der Waals surface area contributed by atoms with Crippen LogP contribution in [-0.4, -0.2) is 61.5 Å². The van der Waals surface area contributed by atoms with E-state index in [2.05, 4.69) is 36.0 Å². The first-order valence-electron chi connectivity index (χ1n) is 9.86. The predicted molar refractivity (Wildman–Crippen MR) is 113 cm³/mol. The van der Waals surface area contributed by atoms with E-state index in [0.717, 1.165) is 56.7 Å². The molecular weight excluding hydrogens is 336 g/mol. The molecule has 0 spiro atoms. The quantitative estimate of drug-likeness (QED) is 0.577. The number of carbonyl (C=O) groups excluding carboxylic acids is 1. The molecule has 4 nitrogen and oxygen atoms in total. The van der Waals surface area contributed by atoms with Crippen molar-refractivity contribution in [1.82, 2.24) is 9.80 Å². The van der Waals surface area contributed by atoms with Crippen LogP contribution in [-0.2, 0) is 9.53 Å². The fourth-order valence-corrected chi connectivity index (χ4v) is 3.91. The molecule has 2 aliphatic rings. The maximum atomic E-state index is 13.5. The zero-order valence-electron chi connectivity index (χ0n) is 17.2. The molecule has 1 aliphatic heterocycles. The molecule has 1 unspecified atom stereocenters. The van der Waals surface area contributed by atoms with Gasteiger partial charge in [-0.3, -0.25) is 9.69 Å². The van der Waals surface area contributed by atoms with Gasteiger partial charge in [0.25, 0.3) is 0 Å². The van der Waals surface area contributed by atoms with Gasteiger partial charge < -0.3 is 9.64 Å². The van der Waals surface area contributed by atoms with Gasteiger partial charge in [0.2, 0.25) is 0 Å². The van der Waals surface area contributed by atoms with E-state index in [9.17, 15) is 4.79 Å². The van der Waals surface area contributed by atoms with Gasteiger partial charge in [0.05, 0.1) is 18.8 Å². The van der Waals surface area contributed by atoms with Gasteiger partial charge in [0.15, 0.2) is 5.78 Å². The van der Waals surface area contributed by atoms with Crippen molar-refractivity contribution in [3.05, 3.63) is 60.4 Å². The minimum absolute atomic E-state index is 0.223. The molecule has 0 amide bonds. The van der Waals surface area contributed by atoms with Gasteiger partial charge in [-0.05, 0) is 51.4 Å². The van der Waals surface area contributed by atoms with Gasteiger partial charge in [-0.25, -0.2) is 0 Å². The summed E-state index contributed by atoms with van der Waals surface area (Å²) in [7, 11) is 3.98. The number of hydrogen-bond donors (Lipinski definition) is 0. The number of morpholine rings is 1. The highest BCUT2D eigenvalue weighted by Crippen LogP contribution is 2.33. The number of carbonyl (C=O) groups is 1. The number of ether oxygens (including phenoxy) is 1. The summed E-state index contributed by atoms with van der Waals surface area (Å²) in [6.07, 6.45) is 12.8. The number of Topliss-reactive ketones (excluding diaryl/α,β-unsaturated/α-hetero) is 1. The van der Waals surface area contributed by atoms with Gasteiger partial charge in [0.1, 0.15) is 0 Å². The molecular formula is C23H34N2O2. The first-order valence-corrected chi connectivity index (χ1v) is 9.86. The van der Waals surface area contributed by atoms with Crippen LogP contribution in [0.25, 0.3) is 0 Å². The third-order valence-electron chi connectivity index (χ3n) is 5.69. The summed E-state index contributed by atoms with van der Waals surface area (Å²) in [4.78, 5) is 18.0. The second kappa shape index (κ2) is 9.86. The summed E-state index contributed by atoms with van der Waals surface area (Å²) in [5, 5.41) is 0. The highest BCUT2D eigenvalue weighted by atomic mass is 16.5. The number of allylic oxidation sites excluding steroid dienone is 6. The molecule has 1 heterocycles. The number of rotatable bonds is 9. The normalized spacial score (nSPS) is 20.2. The first-order chi connectivity index (χ1) is 12.9. The standard InChI is InChI=1S/C23H34N2O2/c1-6-8-9-19(3)18-23(7-2,24(4)5)22(26)20-10-12-21(13-11-20)25-14-16-27-17-15-25/h6,8-10,12H,1,3,7,11,13-18H2,2,4-5H3/b9-8-. The molecule has 1 fully saturated rings. The van der Waals surface area contributed by atoms with E-state index in [4.69, 9.17) is 4.74 Å². The van der Waals surface area contributed by atoms with E-state index < -0.39 is 5.54 Å². The lowest BCUT2D eigenvalue weighted by molar-refractivity contribution is -0.126. The fourth-order valence-electron chi connectivity index (χ4n) is 3.91. The van der Waals surface area contributed by atoms with Crippen LogP contribution in [0.2, 0.25) is 0 Å². The minimum atomic E-state index is -0.557. The van der Waals surface area contributed by atoms with Crippen molar-refractivity contribution in [3.8, 4) is 0 Å². The van der Waals surface area contributed by atoms with Crippen LogP contribution in [0.4, 0.5) is 0 Å². The molecule has 1 aliphatic carbocycles. The molecule has 0 bridgehead atoms. The van der Waals surface area contributed by atoms with E-state index in [1.165, 1.54) is 5.70 Å². The van der Waals surface area contributed by atoms with Crippen molar-refractivity contribution in [1.29, 1.82) is 0 Å². The second-order valence-electron chi connectivity index (χ2n) is 7.49. The lowest BCUT2D eigenvalue weighted by Gasteiger charge is -2.39. The highest BCUT2D eigenvalue weighted by molar-refractivity contribution is 6.03. The molecule has 148 valence electrons. The second-order valence-corrected chi connectivity index (χ2v) is 7.49. The summed E-state index contributed by atoms with van der Waals surface area (Å²) < 4.78 is 5.44. The van der Waals surface area contributed by atoms with Crippen molar-refractivity contribution < 1.29 is 9.53 Å². The Balaban J connectivity index is 2.21. The Morgan fingerprint density at radius 2 is 2.00 bits per heavy atom. The average Bonchev–Trinajstić information content (AvgIpc) is 2.70. The summed E-state index contributed by atoms with van der Waals surface area (Å²) in [6.45, 7) is 13.4. The van der Waals surface area contributed by atoms with Crippen LogP contribution in [0.3, 0.4) is 0 Å². The SMILES string of the molecule is C=C/C=C\C(=C)CC(CC)(C(=O)C1=CC=C(N2CCOCC2)CC1)N(C)C. The van der Waals surface area contributed by atoms with E-state index in [1.807, 2.05) is 32.3 Å². The molecule has 0 saturated carbocycles. The zero-order chi connectivity index (χ0) is 19.9. The Morgan fingerprint density at radius 3 is 2.52 bits per heavy atom. The summed E-state index contributed by atoms with van der Waals surface area (Å²) in [6, 6.07) is 0. The Labute approximate surface area is 164 Å². The molecule has 0 aromatic carbocycles. The first kappa shape index (κ1) is 21.4. The average molecular weight is 371 g/mol. The number of likely N-dealkylation sites (N-methyl/N-ethyl adjacent to an activating group) is 1. The largest absolute Gasteiger partial charge is 0.378 e. The highest BCUT2D eigenvalue weighted by Gasteiger charge is 2.40. The topological polar surface area (TPSA) is 32.8 Å². The van der Waals surface area contributed by atoms with E-state index in [1.54, 1.807) is 6.08 Å². The molecule has 1 atom stereocenters. The lowest BCUT2D eigenvalue weighted by Crippen LogP contribution is -2.51. The maximum Gasteiger partial charge on any atom is 0.179 e. The van der Waals surface area contributed by atoms with Crippen molar-refractivity contribution in [2.24, 2.45) is 0 Å². The Bertz CT molecular complexity index is 651. The van der Waals surface area contributed by atoms with Gasteiger partial charge in [-0.15, -0.1) is 0 Å². The number of ketones is 1. The molecule has 0 radical (unpaired) electrons. The Morgan fingerprint density at radius 1 is 1.30 bits per heavy atom. The minimum Gasteiger partial charge on any atom is -0.378 e. The molecule has 0 N–H and O–H groups in total. The molecule has 0 aromatic heterocycles. The van der Waals surface area contributed by atoms with Crippen LogP contribution < -0.4 is 0 Å². The zero-order valence-corrected chi connectivity index (χ0v) is 17.2. The van der Waals surface area contributed by atoms with E-state index in [0.29, 0.717) is 6.42 Å². The van der Waals surface area contributed by atoms with Crippen molar-refractivity contribution in [2.75, 3.05) is 40.4 Å². The van der Waals surface area contributed by atoms with Crippen LogP contribution in [0.5, 0.6) is 0 Å². The number of hydrogen-bond acceptors (Lipinski definition) is 4. The Kier molecular flexibility index (Phi) is 7.81. The van der Waals surface area contributed by atoms with Gasteiger partial charge in [-0.2, -0.15) is 0 Å². The summed E-state index contributed by atoms with van der Waals surface area (Å²) in [5.74, 6) is 0.223. The molecule has 2 rings (SSSR count). The maximum absolute atomic E-state index is 13.5.